The van der Waals surface area contributed by atoms with Crippen molar-refractivity contribution in [1.82, 2.24) is 4.48 Å². The van der Waals surface area contributed by atoms with Gasteiger partial charge >= 0.3 is 5.91 Å². The Balaban J connectivity index is 1.67. The second-order valence-corrected chi connectivity index (χ2v) is 7.63. The predicted octanol–water partition coefficient (Wildman–Crippen LogP) is 4.77. The standard InChI is InChI=1S/C24H21F2NO3/c25-18-5-1-17(2-6-18)23(29)13-14-27(20-9-7-19(26)8-10-20)22(15-24(27)30)16-3-11-21(28)12-4-16/h1-12,22-23,29H,13-15H2/p+1/t22-,23-,27?/m0/s1. The summed E-state index contributed by atoms with van der Waals surface area (Å²) in [5.41, 5.74) is 2.10. The Kier molecular flexibility index (Phi) is 5.37. The molecule has 1 unspecified atom stereocenters. The summed E-state index contributed by atoms with van der Waals surface area (Å²) in [7, 11) is 0. The number of phenols is 1. The minimum atomic E-state index is -0.866. The van der Waals surface area contributed by atoms with Crippen molar-refractivity contribution in [2.45, 2.75) is 25.0 Å². The second kappa shape index (κ2) is 7.97. The molecule has 3 atom stereocenters. The maximum Gasteiger partial charge on any atom is 0.325 e. The highest BCUT2D eigenvalue weighted by atomic mass is 19.1. The van der Waals surface area contributed by atoms with Crippen LogP contribution in [-0.4, -0.2) is 22.7 Å². The van der Waals surface area contributed by atoms with E-state index in [0.717, 1.165) is 5.56 Å². The van der Waals surface area contributed by atoms with Crippen molar-refractivity contribution < 1.29 is 23.8 Å². The molecule has 1 fully saturated rings. The van der Waals surface area contributed by atoms with E-state index < -0.39 is 11.9 Å². The minimum Gasteiger partial charge on any atom is -0.508 e. The summed E-state index contributed by atoms with van der Waals surface area (Å²) >= 11 is 0. The fraction of sp³-hybridized carbons (Fsp3) is 0.208. The number of carbonyl (C=O) groups is 1. The van der Waals surface area contributed by atoms with Gasteiger partial charge in [-0.1, -0.05) is 12.1 Å². The van der Waals surface area contributed by atoms with E-state index in [0.29, 0.717) is 24.2 Å². The second-order valence-electron chi connectivity index (χ2n) is 7.63. The molecule has 2 N–H and O–H groups in total. The van der Waals surface area contributed by atoms with Crippen LogP contribution < -0.4 is 4.48 Å². The van der Waals surface area contributed by atoms with E-state index in [2.05, 4.69) is 0 Å². The van der Waals surface area contributed by atoms with Crippen LogP contribution in [0, 0.1) is 11.6 Å². The van der Waals surface area contributed by atoms with E-state index in [1.807, 2.05) is 0 Å². The van der Waals surface area contributed by atoms with Crippen molar-refractivity contribution >= 4 is 11.6 Å². The molecule has 0 spiro atoms. The number of hydrogen-bond donors (Lipinski definition) is 2. The maximum absolute atomic E-state index is 13.5. The third-order valence-corrected chi connectivity index (χ3v) is 5.92. The zero-order valence-electron chi connectivity index (χ0n) is 16.2. The number of aliphatic hydroxyl groups is 1. The van der Waals surface area contributed by atoms with Gasteiger partial charge in [-0.3, -0.25) is 0 Å². The van der Waals surface area contributed by atoms with E-state index in [-0.39, 0.29) is 34.4 Å². The first-order chi connectivity index (χ1) is 14.4. The Morgan fingerprint density at radius 2 is 1.47 bits per heavy atom. The largest absolute Gasteiger partial charge is 0.508 e. The number of halogens is 2. The quantitative estimate of drug-likeness (QED) is 0.455. The molecule has 0 aliphatic carbocycles. The van der Waals surface area contributed by atoms with Gasteiger partial charge in [-0.25, -0.2) is 18.1 Å². The summed E-state index contributed by atoms with van der Waals surface area (Å²) in [4.78, 5) is 13.0. The lowest BCUT2D eigenvalue weighted by molar-refractivity contribution is -0.145. The van der Waals surface area contributed by atoms with E-state index in [1.165, 1.54) is 36.4 Å². The molecule has 4 rings (SSSR count). The number of benzene rings is 3. The lowest BCUT2D eigenvalue weighted by atomic mass is 9.87. The molecule has 0 radical (unpaired) electrons. The van der Waals surface area contributed by atoms with E-state index in [1.54, 1.807) is 36.4 Å². The maximum atomic E-state index is 13.5. The third-order valence-electron chi connectivity index (χ3n) is 5.92. The molecular weight excluding hydrogens is 388 g/mol. The smallest absolute Gasteiger partial charge is 0.325 e. The number of nitrogens with zero attached hydrogens (tertiary/aromatic N) is 1. The number of hydrogen-bond acceptors (Lipinski definition) is 3. The van der Waals surface area contributed by atoms with Crippen LogP contribution in [0.1, 0.15) is 36.1 Å². The van der Waals surface area contributed by atoms with Crippen molar-refractivity contribution in [3.8, 4) is 5.75 Å². The normalized spacial score (nSPS) is 21.8. The minimum absolute atomic E-state index is 0.0222. The monoisotopic (exact) mass is 410 g/mol. The number of phenolic OH excluding ortho intramolecular Hbond substituents is 1. The molecule has 3 aromatic rings. The molecule has 0 saturated carbocycles. The lowest BCUT2D eigenvalue weighted by Crippen LogP contribution is -2.66. The molecule has 1 aliphatic rings. The number of quaternary nitrogens is 1. The van der Waals surface area contributed by atoms with Crippen LogP contribution in [0.3, 0.4) is 0 Å². The SMILES string of the molecule is O=C1C[C@@H](c2ccc(O)cc2)[N+]1(CC[C@H](O)c1ccc(F)cc1)c1ccc(F)cc1. The number of β-lactam (4-membered cyclic amide) rings is 1. The van der Waals surface area contributed by atoms with E-state index in [4.69, 9.17) is 0 Å². The van der Waals surface area contributed by atoms with Gasteiger partial charge in [-0.15, -0.1) is 0 Å². The molecular formula is C24H22F2NO3+. The van der Waals surface area contributed by atoms with Gasteiger partial charge in [-0.2, -0.15) is 0 Å². The van der Waals surface area contributed by atoms with Gasteiger partial charge in [-0.05, 0) is 54.1 Å². The molecule has 3 aromatic carbocycles. The summed E-state index contributed by atoms with van der Waals surface area (Å²) in [6.45, 7) is 0.300. The summed E-state index contributed by atoms with van der Waals surface area (Å²) in [6, 6.07) is 18.0. The molecule has 1 aliphatic heterocycles. The highest BCUT2D eigenvalue weighted by molar-refractivity contribution is 5.96. The van der Waals surface area contributed by atoms with Gasteiger partial charge in [0.1, 0.15) is 35.5 Å². The van der Waals surface area contributed by atoms with Crippen LogP contribution in [0.2, 0.25) is 0 Å². The number of aliphatic hydroxyl groups excluding tert-OH is 1. The fourth-order valence-electron chi connectivity index (χ4n) is 4.23. The molecule has 1 heterocycles. The fourth-order valence-corrected chi connectivity index (χ4v) is 4.23. The molecule has 4 nitrogen and oxygen atoms in total. The Morgan fingerprint density at radius 3 is 2.03 bits per heavy atom. The first-order valence-corrected chi connectivity index (χ1v) is 9.80. The summed E-state index contributed by atoms with van der Waals surface area (Å²) < 4.78 is 26.7. The summed E-state index contributed by atoms with van der Waals surface area (Å²) in [5, 5.41) is 20.2. The average Bonchev–Trinajstić information content (AvgIpc) is 2.74. The van der Waals surface area contributed by atoms with Crippen LogP contribution in [0.5, 0.6) is 5.75 Å². The number of rotatable bonds is 6. The van der Waals surface area contributed by atoms with Gasteiger partial charge in [0, 0.05) is 24.1 Å². The first-order valence-electron chi connectivity index (χ1n) is 9.80. The number of likely N-dealkylation sites (tertiary alicyclic amines) is 1. The van der Waals surface area contributed by atoms with Gasteiger partial charge in [0.15, 0.2) is 0 Å². The first kappa shape index (κ1) is 20.2. The number of aromatic hydroxyl groups is 1. The Morgan fingerprint density at radius 1 is 0.900 bits per heavy atom. The van der Waals surface area contributed by atoms with Crippen molar-refractivity contribution in [3.05, 3.63) is 95.6 Å². The van der Waals surface area contributed by atoms with Crippen molar-refractivity contribution in [1.29, 1.82) is 0 Å². The van der Waals surface area contributed by atoms with E-state index >= 15 is 0 Å². The zero-order chi connectivity index (χ0) is 21.3. The van der Waals surface area contributed by atoms with Gasteiger partial charge in [0.2, 0.25) is 0 Å². The summed E-state index contributed by atoms with van der Waals surface area (Å²) in [5.74, 6) is -0.662. The average molecular weight is 410 g/mol. The van der Waals surface area contributed by atoms with Crippen molar-refractivity contribution in [2.24, 2.45) is 0 Å². The predicted molar refractivity (Wildman–Crippen MR) is 110 cm³/mol. The van der Waals surface area contributed by atoms with Crippen LogP contribution in [0.15, 0.2) is 72.8 Å². The molecule has 0 bridgehead atoms. The highest BCUT2D eigenvalue weighted by Crippen LogP contribution is 2.47. The molecule has 154 valence electrons. The van der Waals surface area contributed by atoms with Gasteiger partial charge < -0.3 is 10.2 Å². The van der Waals surface area contributed by atoms with Crippen LogP contribution in [0.4, 0.5) is 14.5 Å². The number of carbonyl (C=O) groups excluding carboxylic acids is 1. The Labute approximate surface area is 173 Å². The third kappa shape index (κ3) is 3.60. The summed E-state index contributed by atoms with van der Waals surface area (Å²) in [6.07, 6.45) is -0.284. The Hall–Kier alpha value is -3.09. The number of amides is 1. The highest BCUT2D eigenvalue weighted by Gasteiger charge is 2.57. The van der Waals surface area contributed by atoms with Gasteiger partial charge in [0.05, 0.1) is 12.6 Å². The molecule has 30 heavy (non-hydrogen) atoms. The zero-order valence-corrected chi connectivity index (χ0v) is 16.2. The van der Waals surface area contributed by atoms with Crippen molar-refractivity contribution in [3.63, 3.8) is 0 Å². The van der Waals surface area contributed by atoms with Crippen molar-refractivity contribution in [2.75, 3.05) is 6.54 Å². The molecule has 6 heteroatoms. The van der Waals surface area contributed by atoms with Crippen LogP contribution in [0.25, 0.3) is 0 Å². The van der Waals surface area contributed by atoms with Gasteiger partial charge in [0.25, 0.3) is 0 Å². The lowest BCUT2D eigenvalue weighted by Gasteiger charge is -2.49. The van der Waals surface area contributed by atoms with Crippen LogP contribution in [-0.2, 0) is 4.79 Å². The van der Waals surface area contributed by atoms with Crippen LogP contribution >= 0.6 is 0 Å². The molecule has 1 saturated heterocycles. The molecule has 1 amide bonds. The molecule has 0 aromatic heterocycles. The van der Waals surface area contributed by atoms with E-state index in [9.17, 15) is 23.8 Å². The topological polar surface area (TPSA) is 57.5 Å². The Bertz CT molecular complexity index is 1040.